The SMILES string of the molecule is COc1ccc(S(=O)(=O)N(CC(=O)N(Cc2ccc(Br)cc2)[C@@H](Cc2ccccc2)C(=O)NC(C)(C)C)c2ccc(F)cc2)cc1OC. The molecule has 0 unspecified atom stereocenters. The van der Waals surface area contributed by atoms with Crippen LogP contribution in [0.1, 0.15) is 31.9 Å². The lowest BCUT2D eigenvalue weighted by Crippen LogP contribution is -2.56. The number of nitrogens with one attached hydrogen (secondary N) is 1. The molecule has 0 aromatic heterocycles. The van der Waals surface area contributed by atoms with Crippen molar-refractivity contribution in [2.24, 2.45) is 0 Å². The number of methoxy groups -OCH3 is 2. The zero-order valence-corrected chi connectivity index (χ0v) is 29.8. The number of hydrogen-bond donors (Lipinski definition) is 1. The highest BCUT2D eigenvalue weighted by Crippen LogP contribution is 2.32. The second-order valence-electron chi connectivity index (χ2n) is 12.1. The molecular formula is C36H39BrFN3O6S. The predicted octanol–water partition coefficient (Wildman–Crippen LogP) is 6.36. The lowest BCUT2D eigenvalue weighted by atomic mass is 10.0. The smallest absolute Gasteiger partial charge is 0.264 e. The number of halogens is 2. The molecular weight excluding hydrogens is 701 g/mol. The Kier molecular flexibility index (Phi) is 11.9. The van der Waals surface area contributed by atoms with Gasteiger partial charge in [0.1, 0.15) is 18.4 Å². The Bertz CT molecular complexity index is 1820. The molecule has 0 saturated heterocycles. The molecule has 12 heteroatoms. The maximum atomic E-state index is 14.6. The summed E-state index contributed by atoms with van der Waals surface area (Å²) in [6.45, 7) is 4.85. The molecule has 4 aromatic carbocycles. The fourth-order valence-corrected chi connectivity index (χ4v) is 6.73. The molecule has 4 rings (SSSR count). The van der Waals surface area contributed by atoms with Crippen molar-refractivity contribution in [2.75, 3.05) is 25.1 Å². The molecule has 0 aliphatic rings. The van der Waals surface area contributed by atoms with Gasteiger partial charge in [0.05, 0.1) is 24.8 Å². The van der Waals surface area contributed by atoms with Crippen LogP contribution in [0.2, 0.25) is 0 Å². The van der Waals surface area contributed by atoms with Crippen LogP contribution in [0.15, 0.2) is 106 Å². The molecule has 0 fully saturated rings. The number of carbonyl (C=O) groups excluding carboxylic acids is 2. The van der Waals surface area contributed by atoms with E-state index >= 15 is 0 Å². The maximum absolute atomic E-state index is 14.6. The van der Waals surface area contributed by atoms with E-state index in [2.05, 4.69) is 21.2 Å². The summed E-state index contributed by atoms with van der Waals surface area (Å²) in [6.07, 6.45) is 0.171. The second kappa shape index (κ2) is 15.7. The molecule has 0 saturated carbocycles. The zero-order valence-electron chi connectivity index (χ0n) is 27.4. The van der Waals surface area contributed by atoms with E-state index in [9.17, 15) is 22.4 Å². The van der Waals surface area contributed by atoms with E-state index in [1.54, 1.807) is 0 Å². The van der Waals surface area contributed by atoms with Crippen molar-refractivity contribution >= 4 is 43.5 Å². The summed E-state index contributed by atoms with van der Waals surface area (Å²) < 4.78 is 55.0. The highest BCUT2D eigenvalue weighted by Gasteiger charge is 2.36. The first-order chi connectivity index (χ1) is 22.7. The normalized spacial score (nSPS) is 12.1. The molecule has 9 nitrogen and oxygen atoms in total. The van der Waals surface area contributed by atoms with Gasteiger partial charge in [0.15, 0.2) is 11.5 Å². The minimum atomic E-state index is -4.44. The number of sulfonamides is 1. The fraction of sp³-hybridized carbons (Fsp3) is 0.278. The van der Waals surface area contributed by atoms with Crippen molar-refractivity contribution in [3.05, 3.63) is 118 Å². The number of nitrogens with zero attached hydrogens (tertiary/aromatic N) is 2. The lowest BCUT2D eigenvalue weighted by molar-refractivity contribution is -0.140. The average molecular weight is 741 g/mol. The van der Waals surface area contributed by atoms with Crippen LogP contribution < -0.4 is 19.1 Å². The van der Waals surface area contributed by atoms with Crippen LogP contribution in [0.25, 0.3) is 0 Å². The van der Waals surface area contributed by atoms with Gasteiger partial charge in [-0.3, -0.25) is 13.9 Å². The zero-order chi connectivity index (χ0) is 35.1. The number of rotatable bonds is 13. The minimum absolute atomic E-state index is 0.00877. The largest absolute Gasteiger partial charge is 0.493 e. The number of hydrogen-bond acceptors (Lipinski definition) is 6. The van der Waals surface area contributed by atoms with Crippen LogP contribution in [0.5, 0.6) is 11.5 Å². The van der Waals surface area contributed by atoms with Crippen molar-refractivity contribution in [2.45, 2.75) is 50.2 Å². The van der Waals surface area contributed by atoms with Crippen LogP contribution in [-0.2, 0) is 32.6 Å². The summed E-state index contributed by atoms with van der Waals surface area (Å²) in [5.74, 6) is -1.13. The minimum Gasteiger partial charge on any atom is -0.493 e. The van der Waals surface area contributed by atoms with Crippen LogP contribution in [-0.4, -0.2) is 57.5 Å². The van der Waals surface area contributed by atoms with Gasteiger partial charge in [-0.15, -0.1) is 0 Å². The highest BCUT2D eigenvalue weighted by atomic mass is 79.9. The van der Waals surface area contributed by atoms with Gasteiger partial charge in [0, 0.05) is 29.0 Å². The van der Waals surface area contributed by atoms with E-state index in [1.165, 1.54) is 49.5 Å². The van der Waals surface area contributed by atoms with Gasteiger partial charge >= 0.3 is 0 Å². The first-order valence-corrected chi connectivity index (χ1v) is 17.4. The number of benzene rings is 4. The quantitative estimate of drug-likeness (QED) is 0.171. The summed E-state index contributed by atoms with van der Waals surface area (Å²) in [7, 11) is -1.64. The third-order valence-corrected chi connectivity index (χ3v) is 9.67. The van der Waals surface area contributed by atoms with Crippen molar-refractivity contribution in [3.8, 4) is 11.5 Å². The van der Waals surface area contributed by atoms with Gasteiger partial charge in [-0.25, -0.2) is 12.8 Å². The molecule has 48 heavy (non-hydrogen) atoms. The molecule has 1 atom stereocenters. The van der Waals surface area contributed by atoms with Crippen molar-refractivity contribution in [1.29, 1.82) is 0 Å². The first-order valence-electron chi connectivity index (χ1n) is 15.1. The van der Waals surface area contributed by atoms with E-state index in [4.69, 9.17) is 9.47 Å². The number of ether oxygens (including phenoxy) is 2. The van der Waals surface area contributed by atoms with Gasteiger partial charge < -0.3 is 19.7 Å². The standard InChI is InChI=1S/C36H39BrFN3O6S/c1-36(2,3)39-35(43)31(21-25-9-7-6-8-10-25)40(23-26-11-13-27(37)14-12-26)34(42)24-41(29-17-15-28(38)16-18-29)48(44,45)30-19-20-32(46-4)33(22-30)47-5/h6-20,22,31H,21,23-24H2,1-5H3,(H,39,43)/t31-/m0/s1. The van der Waals surface area contributed by atoms with Gasteiger partial charge in [-0.2, -0.15) is 0 Å². The summed E-state index contributed by atoms with van der Waals surface area (Å²) in [5.41, 5.74) is 0.981. The molecule has 254 valence electrons. The highest BCUT2D eigenvalue weighted by molar-refractivity contribution is 9.10. The van der Waals surface area contributed by atoms with Gasteiger partial charge in [-0.1, -0.05) is 58.4 Å². The van der Waals surface area contributed by atoms with Crippen LogP contribution in [0, 0.1) is 5.82 Å². The Balaban J connectivity index is 1.83. The maximum Gasteiger partial charge on any atom is 0.264 e. The van der Waals surface area contributed by atoms with E-state index < -0.39 is 45.8 Å². The molecule has 0 bridgehead atoms. The third-order valence-electron chi connectivity index (χ3n) is 7.37. The molecule has 2 amide bonds. The van der Waals surface area contributed by atoms with Crippen LogP contribution in [0.3, 0.4) is 0 Å². The molecule has 4 aromatic rings. The van der Waals surface area contributed by atoms with Crippen LogP contribution >= 0.6 is 15.9 Å². The van der Waals surface area contributed by atoms with E-state index in [1.807, 2.05) is 75.4 Å². The summed E-state index contributed by atoms with van der Waals surface area (Å²) in [6, 6.07) is 24.5. The van der Waals surface area contributed by atoms with Crippen molar-refractivity contribution < 1.29 is 31.9 Å². The summed E-state index contributed by atoms with van der Waals surface area (Å²) >= 11 is 3.44. The van der Waals surface area contributed by atoms with Crippen LogP contribution in [0.4, 0.5) is 10.1 Å². The Morgan fingerprint density at radius 1 is 0.854 bits per heavy atom. The van der Waals surface area contributed by atoms with E-state index in [0.29, 0.717) is 5.75 Å². The van der Waals surface area contributed by atoms with E-state index in [0.717, 1.165) is 32.0 Å². The summed E-state index contributed by atoms with van der Waals surface area (Å²) in [5, 5.41) is 3.00. The Morgan fingerprint density at radius 2 is 1.48 bits per heavy atom. The molecule has 0 heterocycles. The Labute approximate surface area is 289 Å². The second-order valence-corrected chi connectivity index (χ2v) is 14.9. The summed E-state index contributed by atoms with van der Waals surface area (Å²) in [4.78, 5) is 29.8. The van der Waals surface area contributed by atoms with E-state index in [-0.39, 0.29) is 29.3 Å². The monoisotopic (exact) mass is 739 g/mol. The van der Waals surface area contributed by atoms with Gasteiger partial charge in [0.2, 0.25) is 11.8 Å². The lowest BCUT2D eigenvalue weighted by Gasteiger charge is -2.35. The first kappa shape index (κ1) is 36.4. The van der Waals surface area contributed by atoms with Gasteiger partial charge in [0.25, 0.3) is 10.0 Å². The third kappa shape index (κ3) is 9.35. The molecule has 0 radical (unpaired) electrons. The van der Waals surface area contributed by atoms with Crippen molar-refractivity contribution in [1.82, 2.24) is 10.2 Å². The average Bonchev–Trinajstić information content (AvgIpc) is 3.05. The molecule has 0 aliphatic heterocycles. The molecule has 0 aliphatic carbocycles. The predicted molar refractivity (Wildman–Crippen MR) is 187 cm³/mol. The van der Waals surface area contributed by atoms with Crippen molar-refractivity contribution in [3.63, 3.8) is 0 Å². The van der Waals surface area contributed by atoms with Gasteiger partial charge in [-0.05, 0) is 80.4 Å². The Morgan fingerprint density at radius 3 is 2.06 bits per heavy atom. The topological polar surface area (TPSA) is 105 Å². The number of amides is 2. The number of anilines is 1. The molecule has 0 spiro atoms. The number of carbonyl (C=O) groups is 2. The fourth-order valence-electron chi connectivity index (χ4n) is 5.03. The Hall–Kier alpha value is -4.42. The molecule has 1 N–H and O–H groups in total.